The normalized spacial score (nSPS) is 31.2. The molecule has 0 radical (unpaired) electrons. The summed E-state index contributed by atoms with van der Waals surface area (Å²) in [4.78, 5) is 0. The van der Waals surface area contributed by atoms with Gasteiger partial charge in [0.15, 0.2) is 0 Å². The zero-order valence-electron chi connectivity index (χ0n) is 10.5. The van der Waals surface area contributed by atoms with E-state index in [-0.39, 0.29) is 0 Å². The van der Waals surface area contributed by atoms with Gasteiger partial charge in [0, 0.05) is 10.8 Å². The van der Waals surface area contributed by atoms with Gasteiger partial charge in [0.05, 0.1) is 0 Å². The molecule has 1 fully saturated rings. The minimum atomic E-state index is 0.301. The smallest absolute Gasteiger partial charge is 0.00279 e. The van der Waals surface area contributed by atoms with Crippen LogP contribution in [-0.2, 0) is 10.8 Å². The number of hydrogen-bond donors (Lipinski definition) is 0. The molecule has 2 atom stereocenters. The molecule has 0 unspecified atom stereocenters. The van der Waals surface area contributed by atoms with Gasteiger partial charge in [-0.2, -0.15) is 0 Å². The van der Waals surface area contributed by atoms with Crippen LogP contribution in [0, 0.1) is 0 Å². The molecule has 86 valence electrons. The van der Waals surface area contributed by atoms with E-state index in [9.17, 15) is 0 Å². The van der Waals surface area contributed by atoms with Crippen LogP contribution in [0.5, 0.6) is 0 Å². The highest BCUT2D eigenvalue weighted by atomic mass is 14.6. The molecule has 1 aliphatic carbocycles. The quantitative estimate of drug-likeness (QED) is 0.710. The molecule has 0 nitrogen and oxygen atoms in total. The van der Waals surface area contributed by atoms with E-state index in [1.165, 1.54) is 17.5 Å². The lowest BCUT2D eigenvalue weighted by molar-refractivity contribution is 0.620. The maximum Gasteiger partial charge on any atom is 0.00279 e. The van der Waals surface area contributed by atoms with Crippen LogP contribution in [0.4, 0.5) is 0 Å². The molecule has 0 amide bonds. The van der Waals surface area contributed by atoms with Crippen LogP contribution < -0.4 is 0 Å². The van der Waals surface area contributed by atoms with Crippen LogP contribution >= 0.6 is 0 Å². The summed E-state index contributed by atoms with van der Waals surface area (Å²) in [6.45, 7) is 4.77. The minimum absolute atomic E-state index is 0.301. The maximum atomic E-state index is 2.38. The first-order valence-corrected chi connectivity index (χ1v) is 6.28. The van der Waals surface area contributed by atoms with Gasteiger partial charge in [0.25, 0.3) is 0 Å². The van der Waals surface area contributed by atoms with Crippen LogP contribution in [0.15, 0.2) is 60.7 Å². The SMILES string of the molecule is C[C@@]1(c2ccccc2)C[C@]1(C)c1ccccc1. The first-order valence-electron chi connectivity index (χ1n) is 6.28. The van der Waals surface area contributed by atoms with Crippen LogP contribution in [-0.4, -0.2) is 0 Å². The molecule has 1 saturated carbocycles. The summed E-state index contributed by atoms with van der Waals surface area (Å²) >= 11 is 0. The largest absolute Gasteiger partial charge is 0.0622 e. The van der Waals surface area contributed by atoms with Crippen LogP contribution in [0.1, 0.15) is 31.4 Å². The molecule has 0 bridgehead atoms. The lowest BCUT2D eigenvalue weighted by Crippen LogP contribution is -2.15. The first kappa shape index (κ1) is 10.6. The van der Waals surface area contributed by atoms with E-state index in [0.717, 1.165) is 0 Å². The van der Waals surface area contributed by atoms with Gasteiger partial charge >= 0.3 is 0 Å². The molecule has 0 N–H and O–H groups in total. The van der Waals surface area contributed by atoms with E-state index in [0.29, 0.717) is 10.8 Å². The van der Waals surface area contributed by atoms with Crippen molar-refractivity contribution in [3.63, 3.8) is 0 Å². The first-order chi connectivity index (χ1) is 8.17. The molecule has 3 rings (SSSR count). The molecule has 2 aromatic rings. The number of hydrogen-bond acceptors (Lipinski definition) is 0. The molecule has 0 heterocycles. The standard InChI is InChI=1S/C17H18/c1-16(14-9-5-3-6-10-14)13-17(16,2)15-11-7-4-8-12-15/h3-12H,13H2,1-2H3/t16-,17+. The monoisotopic (exact) mass is 222 g/mol. The number of rotatable bonds is 2. The van der Waals surface area contributed by atoms with Crippen molar-refractivity contribution in [1.82, 2.24) is 0 Å². The van der Waals surface area contributed by atoms with Crippen molar-refractivity contribution in [1.29, 1.82) is 0 Å². The van der Waals surface area contributed by atoms with Gasteiger partial charge in [0.1, 0.15) is 0 Å². The third-order valence-electron chi connectivity index (χ3n) is 4.62. The Morgan fingerprint density at radius 1 is 0.647 bits per heavy atom. The Morgan fingerprint density at radius 3 is 1.35 bits per heavy atom. The fourth-order valence-electron chi connectivity index (χ4n) is 3.12. The van der Waals surface area contributed by atoms with Crippen molar-refractivity contribution in [2.75, 3.05) is 0 Å². The summed E-state index contributed by atoms with van der Waals surface area (Å²) in [5, 5.41) is 0. The second-order valence-electron chi connectivity index (χ2n) is 5.57. The molecule has 17 heavy (non-hydrogen) atoms. The molecule has 2 aromatic carbocycles. The second kappa shape index (κ2) is 3.46. The van der Waals surface area contributed by atoms with Crippen molar-refractivity contribution in [3.8, 4) is 0 Å². The van der Waals surface area contributed by atoms with E-state index < -0.39 is 0 Å². The summed E-state index contributed by atoms with van der Waals surface area (Å²) in [7, 11) is 0. The van der Waals surface area contributed by atoms with E-state index in [4.69, 9.17) is 0 Å². The maximum absolute atomic E-state index is 2.38. The zero-order valence-corrected chi connectivity index (χ0v) is 10.5. The van der Waals surface area contributed by atoms with Crippen molar-refractivity contribution in [2.24, 2.45) is 0 Å². The fraction of sp³-hybridized carbons (Fsp3) is 0.294. The second-order valence-corrected chi connectivity index (χ2v) is 5.57. The molecule has 0 aliphatic heterocycles. The van der Waals surface area contributed by atoms with E-state index in [1.807, 2.05) is 0 Å². The highest BCUT2D eigenvalue weighted by Gasteiger charge is 2.62. The van der Waals surface area contributed by atoms with Crippen molar-refractivity contribution < 1.29 is 0 Å². The number of benzene rings is 2. The summed E-state index contributed by atoms with van der Waals surface area (Å²) in [6.07, 6.45) is 1.24. The Hall–Kier alpha value is -1.56. The molecule has 1 aliphatic rings. The summed E-state index contributed by atoms with van der Waals surface area (Å²) in [5.74, 6) is 0. The van der Waals surface area contributed by atoms with Crippen LogP contribution in [0.2, 0.25) is 0 Å². The lowest BCUT2D eigenvalue weighted by atomic mass is 9.84. The predicted octanol–water partition coefficient (Wildman–Crippen LogP) is 4.31. The van der Waals surface area contributed by atoms with Gasteiger partial charge in [-0.3, -0.25) is 0 Å². The highest BCUT2D eigenvalue weighted by Crippen LogP contribution is 2.64. The summed E-state index contributed by atoms with van der Waals surface area (Å²) < 4.78 is 0. The van der Waals surface area contributed by atoms with Gasteiger partial charge in [-0.25, -0.2) is 0 Å². The van der Waals surface area contributed by atoms with Gasteiger partial charge in [0.2, 0.25) is 0 Å². The van der Waals surface area contributed by atoms with E-state index >= 15 is 0 Å². The highest BCUT2D eigenvalue weighted by molar-refractivity contribution is 5.47. The Balaban J connectivity index is 2.00. The zero-order chi connectivity index (χ0) is 11.9. The van der Waals surface area contributed by atoms with Crippen LogP contribution in [0.25, 0.3) is 0 Å². The molecule has 0 spiro atoms. The summed E-state index contributed by atoms with van der Waals surface area (Å²) in [6, 6.07) is 21.8. The topological polar surface area (TPSA) is 0 Å². The average molecular weight is 222 g/mol. The molecular weight excluding hydrogens is 204 g/mol. The molecular formula is C17H18. The van der Waals surface area contributed by atoms with E-state index in [1.54, 1.807) is 0 Å². The average Bonchev–Trinajstić information content (AvgIpc) is 2.97. The van der Waals surface area contributed by atoms with Gasteiger partial charge in [-0.1, -0.05) is 74.5 Å². The molecule has 0 saturated heterocycles. The summed E-state index contributed by atoms with van der Waals surface area (Å²) in [5.41, 5.74) is 3.53. The third-order valence-corrected chi connectivity index (χ3v) is 4.62. The molecule has 0 heteroatoms. The van der Waals surface area contributed by atoms with Crippen molar-refractivity contribution >= 4 is 0 Å². The Kier molecular flexibility index (Phi) is 2.16. The van der Waals surface area contributed by atoms with Gasteiger partial charge in [-0.15, -0.1) is 0 Å². The third kappa shape index (κ3) is 1.44. The Morgan fingerprint density at radius 2 is 1.00 bits per heavy atom. The van der Waals surface area contributed by atoms with Crippen molar-refractivity contribution in [2.45, 2.75) is 31.1 Å². The lowest BCUT2D eigenvalue weighted by Gasteiger charge is -2.19. The van der Waals surface area contributed by atoms with Crippen LogP contribution in [0.3, 0.4) is 0 Å². The van der Waals surface area contributed by atoms with Crippen molar-refractivity contribution in [3.05, 3.63) is 71.8 Å². The Labute approximate surface area is 103 Å². The van der Waals surface area contributed by atoms with Gasteiger partial charge in [-0.05, 0) is 17.5 Å². The predicted molar refractivity (Wildman–Crippen MR) is 72.2 cm³/mol. The molecule has 0 aromatic heterocycles. The fourth-order valence-corrected chi connectivity index (χ4v) is 3.12. The van der Waals surface area contributed by atoms with Gasteiger partial charge < -0.3 is 0 Å². The Bertz CT molecular complexity index is 465. The van der Waals surface area contributed by atoms with E-state index in [2.05, 4.69) is 74.5 Å². The minimum Gasteiger partial charge on any atom is -0.0622 e.